The Morgan fingerprint density at radius 2 is 1.90 bits per heavy atom. The zero-order valence-corrected chi connectivity index (χ0v) is 13.4. The molecule has 5 heteroatoms. The van der Waals surface area contributed by atoms with Crippen molar-refractivity contribution in [2.75, 3.05) is 6.54 Å². The number of hydrogen-bond acceptors (Lipinski definition) is 3. The standard InChI is InChI=1S/C9H11NO2.C5H7NO.C2H6/c1-4-7(3)10-8(11)5-6(2)9(10)12;7-5-3-1-2-4-6-5;1-2/h4-5H,1-3H3;1,3H,2,4H2,(H,6,7);1-2H3. The molecule has 2 aliphatic heterocycles. The van der Waals surface area contributed by atoms with Gasteiger partial charge in [-0.05, 0) is 33.3 Å². The summed E-state index contributed by atoms with van der Waals surface area (Å²) in [4.78, 5) is 33.9. The molecule has 0 spiro atoms. The fraction of sp³-hybridized carbons (Fsp3) is 0.438. The number of amides is 3. The van der Waals surface area contributed by atoms with Crippen LogP contribution in [0.4, 0.5) is 0 Å². The minimum atomic E-state index is -0.242. The van der Waals surface area contributed by atoms with Crippen molar-refractivity contribution in [3.05, 3.63) is 35.6 Å². The smallest absolute Gasteiger partial charge is 0.260 e. The minimum absolute atomic E-state index is 0.0336. The largest absolute Gasteiger partial charge is 0.352 e. The monoisotopic (exact) mass is 292 g/mol. The van der Waals surface area contributed by atoms with E-state index in [-0.39, 0.29) is 17.7 Å². The Morgan fingerprint density at radius 3 is 2.19 bits per heavy atom. The number of nitrogens with zero attached hydrogens (tertiary/aromatic N) is 1. The number of rotatable bonds is 1. The third kappa shape index (κ3) is 5.77. The Balaban J connectivity index is 0.000000377. The molecule has 0 aliphatic carbocycles. The van der Waals surface area contributed by atoms with Gasteiger partial charge in [0.15, 0.2) is 0 Å². The molecular formula is C16H24N2O3. The predicted octanol–water partition coefficient (Wildman–Crippen LogP) is 2.31. The van der Waals surface area contributed by atoms with Crippen molar-refractivity contribution in [3.63, 3.8) is 0 Å². The molecule has 5 nitrogen and oxygen atoms in total. The first kappa shape index (κ1) is 18.8. The van der Waals surface area contributed by atoms with Crippen LogP contribution in [0.25, 0.3) is 0 Å². The molecule has 2 heterocycles. The summed E-state index contributed by atoms with van der Waals surface area (Å²) in [5, 5.41) is 2.66. The molecule has 0 aromatic rings. The summed E-state index contributed by atoms with van der Waals surface area (Å²) in [5.74, 6) is -0.421. The zero-order valence-electron chi connectivity index (χ0n) is 13.4. The molecule has 0 fully saturated rings. The fourth-order valence-corrected chi connectivity index (χ4v) is 1.58. The maximum absolute atomic E-state index is 11.3. The lowest BCUT2D eigenvalue weighted by atomic mass is 10.3. The molecule has 1 N–H and O–H groups in total. The lowest BCUT2D eigenvalue weighted by Crippen LogP contribution is -2.28. The van der Waals surface area contributed by atoms with E-state index in [1.54, 1.807) is 32.9 Å². The first-order chi connectivity index (χ1) is 9.97. The van der Waals surface area contributed by atoms with Gasteiger partial charge in [-0.2, -0.15) is 0 Å². The Morgan fingerprint density at radius 1 is 1.29 bits per heavy atom. The summed E-state index contributed by atoms with van der Waals surface area (Å²) in [7, 11) is 0. The van der Waals surface area contributed by atoms with Crippen molar-refractivity contribution in [1.82, 2.24) is 10.2 Å². The molecule has 116 valence electrons. The average Bonchev–Trinajstić information content (AvgIpc) is 2.75. The fourth-order valence-electron chi connectivity index (χ4n) is 1.58. The van der Waals surface area contributed by atoms with Crippen LogP contribution in [0.5, 0.6) is 0 Å². The second kappa shape index (κ2) is 9.69. The van der Waals surface area contributed by atoms with E-state index in [9.17, 15) is 14.4 Å². The molecule has 2 rings (SSSR count). The average molecular weight is 292 g/mol. The van der Waals surface area contributed by atoms with E-state index in [1.165, 1.54) is 11.0 Å². The number of nitrogens with one attached hydrogen (secondary N) is 1. The normalized spacial score (nSPS) is 17.4. The Bertz CT molecular complexity index is 488. The van der Waals surface area contributed by atoms with Gasteiger partial charge >= 0.3 is 0 Å². The van der Waals surface area contributed by atoms with Crippen molar-refractivity contribution in [3.8, 4) is 0 Å². The van der Waals surface area contributed by atoms with E-state index >= 15 is 0 Å². The summed E-state index contributed by atoms with van der Waals surface area (Å²) < 4.78 is 0. The van der Waals surface area contributed by atoms with Crippen LogP contribution in [-0.2, 0) is 14.4 Å². The van der Waals surface area contributed by atoms with Crippen LogP contribution in [0.2, 0.25) is 0 Å². The van der Waals surface area contributed by atoms with Crippen molar-refractivity contribution in [1.29, 1.82) is 0 Å². The van der Waals surface area contributed by atoms with Crippen LogP contribution in [0, 0.1) is 0 Å². The molecular weight excluding hydrogens is 268 g/mol. The molecule has 0 aromatic carbocycles. The van der Waals surface area contributed by atoms with E-state index < -0.39 is 0 Å². The highest BCUT2D eigenvalue weighted by Gasteiger charge is 2.28. The topological polar surface area (TPSA) is 66.5 Å². The summed E-state index contributed by atoms with van der Waals surface area (Å²) in [5.41, 5.74) is 1.18. The lowest BCUT2D eigenvalue weighted by molar-refractivity contribution is -0.134. The summed E-state index contributed by atoms with van der Waals surface area (Å²) in [6.07, 6.45) is 7.51. The molecule has 0 saturated heterocycles. The Labute approximate surface area is 126 Å². The third-order valence-electron chi connectivity index (χ3n) is 2.75. The first-order valence-electron chi connectivity index (χ1n) is 7.11. The number of imide groups is 1. The summed E-state index contributed by atoms with van der Waals surface area (Å²) >= 11 is 0. The number of carbonyl (C=O) groups is 3. The van der Waals surface area contributed by atoms with Gasteiger partial charge in [0, 0.05) is 23.9 Å². The maximum atomic E-state index is 11.3. The van der Waals surface area contributed by atoms with Crippen LogP contribution < -0.4 is 5.32 Å². The maximum Gasteiger partial charge on any atom is 0.260 e. The first-order valence-corrected chi connectivity index (χ1v) is 7.11. The molecule has 0 aromatic heterocycles. The van der Waals surface area contributed by atoms with Gasteiger partial charge in [-0.3, -0.25) is 14.4 Å². The zero-order chi connectivity index (χ0) is 16.4. The highest BCUT2D eigenvalue weighted by Crippen LogP contribution is 2.16. The van der Waals surface area contributed by atoms with E-state index in [2.05, 4.69) is 5.32 Å². The number of carbonyl (C=O) groups excluding carboxylic acids is 3. The third-order valence-corrected chi connectivity index (χ3v) is 2.75. The highest BCUT2D eigenvalue weighted by molar-refractivity contribution is 6.17. The molecule has 0 unspecified atom stereocenters. The van der Waals surface area contributed by atoms with E-state index in [0.29, 0.717) is 11.3 Å². The molecule has 21 heavy (non-hydrogen) atoms. The minimum Gasteiger partial charge on any atom is -0.352 e. The predicted molar refractivity (Wildman–Crippen MR) is 83.2 cm³/mol. The van der Waals surface area contributed by atoms with E-state index in [0.717, 1.165) is 13.0 Å². The van der Waals surface area contributed by atoms with Crippen LogP contribution >= 0.6 is 0 Å². The lowest BCUT2D eigenvalue weighted by Gasteiger charge is -2.13. The second-order valence-electron chi connectivity index (χ2n) is 4.22. The SMILES string of the molecule is CC.CC=C(C)N1C(=O)C=C(C)C1=O.O=C1C=CCCN1. The van der Waals surface area contributed by atoms with Crippen molar-refractivity contribution in [2.24, 2.45) is 0 Å². The number of hydrogen-bond donors (Lipinski definition) is 1. The van der Waals surface area contributed by atoms with Gasteiger partial charge < -0.3 is 5.32 Å². The molecule has 0 atom stereocenters. The molecule has 2 aliphatic rings. The molecule has 0 radical (unpaired) electrons. The molecule has 3 amide bonds. The van der Waals surface area contributed by atoms with Crippen LogP contribution in [0.15, 0.2) is 35.6 Å². The van der Waals surface area contributed by atoms with Gasteiger partial charge in [-0.25, -0.2) is 4.90 Å². The summed E-state index contributed by atoms with van der Waals surface area (Å²) in [6, 6.07) is 0. The number of allylic oxidation sites excluding steroid dienone is 2. The Kier molecular flexibility index (Phi) is 8.69. The van der Waals surface area contributed by atoms with Crippen molar-refractivity contribution in [2.45, 2.75) is 41.0 Å². The molecule has 0 saturated carbocycles. The Hall–Kier alpha value is -2.17. The van der Waals surface area contributed by atoms with Gasteiger partial charge in [-0.15, -0.1) is 0 Å². The van der Waals surface area contributed by atoms with Crippen LogP contribution in [0.1, 0.15) is 41.0 Å². The quantitative estimate of drug-likeness (QED) is 0.754. The summed E-state index contributed by atoms with van der Waals surface area (Å²) in [6.45, 7) is 9.98. The van der Waals surface area contributed by atoms with Crippen molar-refractivity contribution < 1.29 is 14.4 Å². The van der Waals surface area contributed by atoms with Gasteiger partial charge in [0.1, 0.15) is 0 Å². The van der Waals surface area contributed by atoms with E-state index in [4.69, 9.17) is 0 Å². The van der Waals surface area contributed by atoms with Crippen molar-refractivity contribution >= 4 is 17.7 Å². The van der Waals surface area contributed by atoms with Gasteiger partial charge in [0.05, 0.1) is 0 Å². The second-order valence-corrected chi connectivity index (χ2v) is 4.22. The molecule has 0 bridgehead atoms. The highest BCUT2D eigenvalue weighted by atomic mass is 16.2. The van der Waals surface area contributed by atoms with Gasteiger partial charge in [0.25, 0.3) is 11.8 Å². The van der Waals surface area contributed by atoms with Crippen LogP contribution in [0.3, 0.4) is 0 Å². The van der Waals surface area contributed by atoms with Gasteiger partial charge in [0.2, 0.25) is 5.91 Å². The van der Waals surface area contributed by atoms with Gasteiger partial charge in [-0.1, -0.05) is 26.0 Å². The van der Waals surface area contributed by atoms with Crippen LogP contribution in [-0.4, -0.2) is 29.2 Å². The van der Waals surface area contributed by atoms with E-state index in [1.807, 2.05) is 19.9 Å².